The van der Waals surface area contributed by atoms with Crippen molar-refractivity contribution in [2.24, 2.45) is 0 Å². The summed E-state index contributed by atoms with van der Waals surface area (Å²) in [5.74, 6) is -0.722. The molecule has 8 N–H and O–H groups in total. The van der Waals surface area contributed by atoms with Crippen LogP contribution in [0.15, 0.2) is 0 Å². The Hall–Kier alpha value is -1.05. The molecule has 3 fully saturated rings. The zero-order valence-electron chi connectivity index (χ0n) is 19.3. The van der Waals surface area contributed by atoms with E-state index in [2.05, 4.69) is 0 Å². The third-order valence-electron chi connectivity index (χ3n) is 6.26. The third kappa shape index (κ3) is 6.10. The molecule has 0 aromatic rings. The summed E-state index contributed by atoms with van der Waals surface area (Å²) in [7, 11) is 0. The number of ether oxygens (including phenoxy) is 6. The average Bonchev–Trinajstić information content (AvgIpc) is 2.80. The Morgan fingerprint density at radius 1 is 0.686 bits per heavy atom. The molecule has 3 aliphatic rings. The van der Waals surface area contributed by atoms with Crippen LogP contribution < -0.4 is 0 Å². The van der Waals surface area contributed by atoms with E-state index in [1.807, 2.05) is 0 Å². The van der Waals surface area contributed by atoms with Gasteiger partial charge in [-0.15, -0.1) is 0 Å². The highest BCUT2D eigenvalue weighted by Crippen LogP contribution is 2.31. The molecule has 15 heteroatoms. The molecule has 204 valence electrons. The van der Waals surface area contributed by atoms with E-state index in [9.17, 15) is 45.6 Å². The molecule has 3 rings (SSSR count). The average molecular weight is 514 g/mol. The molecule has 35 heavy (non-hydrogen) atoms. The molecule has 15 atom stereocenters. The molecule has 0 saturated carbocycles. The molecule has 3 saturated heterocycles. The van der Waals surface area contributed by atoms with Crippen molar-refractivity contribution < 1.29 is 74.1 Å². The minimum absolute atomic E-state index is 0.508. The zero-order chi connectivity index (χ0) is 26.2. The Bertz CT molecular complexity index is 710. The van der Waals surface area contributed by atoms with Crippen molar-refractivity contribution in [2.45, 2.75) is 113 Å². The van der Waals surface area contributed by atoms with Gasteiger partial charge >= 0.3 is 5.97 Å². The highest BCUT2D eigenvalue weighted by atomic mass is 16.7. The van der Waals surface area contributed by atoms with Gasteiger partial charge in [0.15, 0.2) is 25.0 Å². The lowest BCUT2D eigenvalue weighted by molar-refractivity contribution is -0.359. The minimum atomic E-state index is -1.80. The van der Waals surface area contributed by atoms with Crippen LogP contribution in [-0.2, 0) is 33.2 Å². The fourth-order valence-electron chi connectivity index (χ4n) is 4.18. The number of hydrogen-bond donors (Lipinski definition) is 8. The van der Waals surface area contributed by atoms with Crippen LogP contribution in [0.4, 0.5) is 0 Å². The lowest BCUT2D eigenvalue weighted by Crippen LogP contribution is -2.64. The summed E-state index contributed by atoms with van der Waals surface area (Å²) < 4.78 is 32.4. The molecule has 3 aliphatic heterocycles. The first-order chi connectivity index (χ1) is 16.3. The van der Waals surface area contributed by atoms with Crippen LogP contribution in [0.25, 0.3) is 0 Å². The normalized spacial score (nSPS) is 51.1. The van der Waals surface area contributed by atoms with E-state index in [0.717, 1.165) is 6.92 Å². The second-order valence-electron chi connectivity index (χ2n) is 8.93. The third-order valence-corrected chi connectivity index (χ3v) is 6.26. The van der Waals surface area contributed by atoms with E-state index >= 15 is 0 Å². The molecule has 0 amide bonds. The maximum atomic E-state index is 11.6. The van der Waals surface area contributed by atoms with E-state index in [4.69, 9.17) is 28.4 Å². The van der Waals surface area contributed by atoms with E-state index in [0.29, 0.717) is 0 Å². The van der Waals surface area contributed by atoms with Crippen LogP contribution in [0.3, 0.4) is 0 Å². The first-order valence-electron chi connectivity index (χ1n) is 11.2. The van der Waals surface area contributed by atoms with Crippen LogP contribution in [0.5, 0.6) is 0 Å². The van der Waals surface area contributed by atoms with Gasteiger partial charge in [0, 0.05) is 6.92 Å². The van der Waals surface area contributed by atoms with Crippen LogP contribution >= 0.6 is 0 Å². The van der Waals surface area contributed by atoms with Crippen LogP contribution in [0.1, 0.15) is 20.8 Å². The standard InChI is InChI=1S/C20H34O15/c1-5-9(22)11(24)14(27)20(31-5)35-17-15(28)19(32-6(2)16(17)33-7(3)21)30-4-8-10(23)12(25)13(26)18(29)34-8/h5-6,8-20,22-29H,4H2,1-3H3/t5-,6-,8+,9-,10-,11+,12-,13+,14+,15+,16-,17-,18?,19+,20-/m0/s1. The topological polar surface area (TPSA) is 234 Å². The number of rotatable bonds is 6. The molecule has 0 aromatic carbocycles. The smallest absolute Gasteiger partial charge is 0.303 e. The predicted octanol–water partition coefficient (Wildman–Crippen LogP) is -4.95. The summed E-state index contributed by atoms with van der Waals surface area (Å²) in [5.41, 5.74) is 0. The number of aliphatic hydroxyl groups excluding tert-OH is 8. The largest absolute Gasteiger partial charge is 0.457 e. The van der Waals surface area contributed by atoms with Gasteiger partial charge in [-0.05, 0) is 13.8 Å². The number of esters is 1. The Morgan fingerprint density at radius 3 is 1.91 bits per heavy atom. The van der Waals surface area contributed by atoms with Crippen molar-refractivity contribution in [1.82, 2.24) is 0 Å². The zero-order valence-corrected chi connectivity index (χ0v) is 19.3. The fraction of sp³-hybridized carbons (Fsp3) is 0.950. The second kappa shape index (κ2) is 11.6. The Kier molecular flexibility index (Phi) is 9.42. The first-order valence-corrected chi connectivity index (χ1v) is 11.2. The summed E-state index contributed by atoms with van der Waals surface area (Å²) in [5, 5.41) is 80.3. The second-order valence-corrected chi connectivity index (χ2v) is 8.93. The number of carbonyl (C=O) groups excluding carboxylic acids is 1. The molecule has 15 nitrogen and oxygen atoms in total. The van der Waals surface area contributed by atoms with Crippen molar-refractivity contribution >= 4 is 5.97 Å². The van der Waals surface area contributed by atoms with Gasteiger partial charge < -0.3 is 69.3 Å². The van der Waals surface area contributed by atoms with Crippen LogP contribution in [-0.4, -0.2) is 146 Å². The van der Waals surface area contributed by atoms with Crippen LogP contribution in [0.2, 0.25) is 0 Å². The van der Waals surface area contributed by atoms with Gasteiger partial charge in [-0.25, -0.2) is 0 Å². The van der Waals surface area contributed by atoms with Gasteiger partial charge in [-0.1, -0.05) is 0 Å². The minimum Gasteiger partial charge on any atom is -0.457 e. The highest BCUT2D eigenvalue weighted by molar-refractivity contribution is 5.66. The summed E-state index contributed by atoms with van der Waals surface area (Å²) in [6.07, 6.45) is -22.0. The Morgan fingerprint density at radius 2 is 1.29 bits per heavy atom. The van der Waals surface area contributed by atoms with Gasteiger partial charge in [0.05, 0.1) is 18.8 Å². The molecule has 0 spiro atoms. The fourth-order valence-corrected chi connectivity index (χ4v) is 4.18. The number of hydrogen-bond acceptors (Lipinski definition) is 15. The van der Waals surface area contributed by atoms with Crippen LogP contribution in [0, 0.1) is 0 Å². The van der Waals surface area contributed by atoms with Crippen molar-refractivity contribution in [1.29, 1.82) is 0 Å². The molecule has 0 radical (unpaired) electrons. The molecule has 0 aromatic heterocycles. The molecular weight excluding hydrogens is 480 g/mol. The summed E-state index contributed by atoms with van der Waals surface area (Å²) in [4.78, 5) is 11.6. The Labute approximate surface area is 200 Å². The highest BCUT2D eigenvalue weighted by Gasteiger charge is 2.52. The number of aliphatic hydroxyl groups is 8. The molecule has 1 unspecified atom stereocenters. The summed E-state index contributed by atoms with van der Waals surface area (Å²) in [6, 6.07) is 0. The van der Waals surface area contributed by atoms with Gasteiger partial charge in [-0.2, -0.15) is 0 Å². The monoisotopic (exact) mass is 514 g/mol. The first kappa shape index (κ1) is 28.5. The van der Waals surface area contributed by atoms with Gasteiger partial charge in [0.1, 0.15) is 54.9 Å². The summed E-state index contributed by atoms with van der Waals surface area (Å²) in [6.45, 7) is 3.54. The molecular formula is C20H34O15. The maximum absolute atomic E-state index is 11.6. The van der Waals surface area contributed by atoms with E-state index < -0.39 is 105 Å². The van der Waals surface area contributed by atoms with Crippen molar-refractivity contribution in [2.75, 3.05) is 6.61 Å². The molecule has 0 aliphatic carbocycles. The predicted molar refractivity (Wildman–Crippen MR) is 108 cm³/mol. The maximum Gasteiger partial charge on any atom is 0.303 e. The lowest BCUT2D eigenvalue weighted by Gasteiger charge is -2.46. The van der Waals surface area contributed by atoms with Gasteiger partial charge in [0.2, 0.25) is 0 Å². The van der Waals surface area contributed by atoms with Gasteiger partial charge in [0.25, 0.3) is 0 Å². The van der Waals surface area contributed by atoms with Crippen molar-refractivity contribution in [3.63, 3.8) is 0 Å². The van der Waals surface area contributed by atoms with Crippen molar-refractivity contribution in [3.05, 3.63) is 0 Å². The summed E-state index contributed by atoms with van der Waals surface area (Å²) >= 11 is 0. The quantitative estimate of drug-likeness (QED) is 0.155. The molecule has 3 heterocycles. The molecule has 0 bridgehead atoms. The number of carbonyl (C=O) groups is 1. The lowest BCUT2D eigenvalue weighted by atomic mass is 9.97. The van der Waals surface area contributed by atoms with Crippen molar-refractivity contribution in [3.8, 4) is 0 Å². The van der Waals surface area contributed by atoms with E-state index in [1.165, 1.54) is 13.8 Å². The van der Waals surface area contributed by atoms with E-state index in [-0.39, 0.29) is 0 Å². The Balaban J connectivity index is 1.73. The van der Waals surface area contributed by atoms with E-state index in [1.54, 1.807) is 0 Å². The SMILES string of the molecule is CC(=O)O[C@@H]1[C@@H](O[C@@H]2O[C@@H](C)[C@H](O)[C@@H](O)[C@H]2O)[C@@H](O)[C@H](OC[C@H]2OC(O)[C@H](O)[C@@H](O)[C@H]2O)O[C@H]1C. The van der Waals surface area contributed by atoms with Gasteiger partial charge in [-0.3, -0.25) is 4.79 Å².